The number of carboxylic acids is 1. The number of hydrogen-bond donors (Lipinski definition) is 3. The van der Waals surface area contributed by atoms with Crippen LogP contribution in [0.1, 0.15) is 24.4 Å². The Hall–Kier alpha value is -1.92. The van der Waals surface area contributed by atoms with E-state index in [2.05, 4.69) is 5.32 Å². The zero-order valence-electron chi connectivity index (χ0n) is 11.0. The highest BCUT2D eigenvalue weighted by atomic mass is 16.5. The highest BCUT2D eigenvalue weighted by Crippen LogP contribution is 2.22. The van der Waals surface area contributed by atoms with Crippen molar-refractivity contribution in [1.29, 1.82) is 0 Å². The molecule has 0 aromatic heterocycles. The molecule has 1 heterocycles. The van der Waals surface area contributed by atoms with E-state index in [0.29, 0.717) is 18.8 Å². The summed E-state index contributed by atoms with van der Waals surface area (Å²) in [5.41, 5.74) is 5.25. The lowest BCUT2D eigenvalue weighted by molar-refractivity contribution is -0.152. The predicted octanol–water partition coefficient (Wildman–Crippen LogP) is 0.436. The number of hydrogen-bond acceptors (Lipinski definition) is 4. The number of amides is 1. The summed E-state index contributed by atoms with van der Waals surface area (Å²) >= 11 is 0. The molecule has 1 aromatic rings. The highest BCUT2D eigenvalue weighted by Gasteiger charge is 2.42. The van der Waals surface area contributed by atoms with Gasteiger partial charge in [-0.2, -0.15) is 0 Å². The Balaban J connectivity index is 2.11. The Morgan fingerprint density at radius 1 is 1.25 bits per heavy atom. The number of carbonyl (C=O) groups excluding carboxylic acids is 1. The van der Waals surface area contributed by atoms with Gasteiger partial charge in [-0.05, 0) is 5.56 Å². The molecule has 0 bridgehead atoms. The lowest BCUT2D eigenvalue weighted by Gasteiger charge is -2.34. The molecular formula is C14H18N2O4. The Morgan fingerprint density at radius 3 is 2.40 bits per heavy atom. The maximum atomic E-state index is 12.2. The van der Waals surface area contributed by atoms with Gasteiger partial charge in [0.2, 0.25) is 5.91 Å². The fourth-order valence-corrected chi connectivity index (χ4v) is 2.24. The van der Waals surface area contributed by atoms with Gasteiger partial charge in [-0.25, -0.2) is 4.79 Å². The average molecular weight is 278 g/mol. The van der Waals surface area contributed by atoms with E-state index >= 15 is 0 Å². The van der Waals surface area contributed by atoms with Gasteiger partial charge >= 0.3 is 5.97 Å². The van der Waals surface area contributed by atoms with Crippen molar-refractivity contribution in [2.45, 2.75) is 24.4 Å². The molecule has 0 saturated carbocycles. The summed E-state index contributed by atoms with van der Waals surface area (Å²) in [5, 5.41) is 12.0. The van der Waals surface area contributed by atoms with E-state index in [1.807, 2.05) is 6.07 Å². The molecule has 108 valence electrons. The van der Waals surface area contributed by atoms with Gasteiger partial charge in [0.05, 0.1) is 0 Å². The van der Waals surface area contributed by atoms with E-state index in [1.54, 1.807) is 24.3 Å². The van der Waals surface area contributed by atoms with Crippen molar-refractivity contribution in [3.05, 3.63) is 35.9 Å². The lowest BCUT2D eigenvalue weighted by atomic mass is 9.89. The van der Waals surface area contributed by atoms with Crippen LogP contribution in [-0.4, -0.2) is 35.7 Å². The molecule has 1 saturated heterocycles. The molecule has 1 amide bonds. The SMILES string of the molecule is NC(C(=O)NC1(C(=O)O)CCOCC1)c1ccccc1. The Morgan fingerprint density at radius 2 is 1.85 bits per heavy atom. The molecule has 0 aliphatic carbocycles. The average Bonchev–Trinajstić information content (AvgIpc) is 2.48. The van der Waals surface area contributed by atoms with Crippen molar-refractivity contribution < 1.29 is 19.4 Å². The summed E-state index contributed by atoms with van der Waals surface area (Å²) < 4.78 is 5.16. The van der Waals surface area contributed by atoms with Crippen molar-refractivity contribution in [2.75, 3.05) is 13.2 Å². The first-order valence-electron chi connectivity index (χ1n) is 6.49. The Bertz CT molecular complexity index is 483. The molecule has 1 aliphatic rings. The van der Waals surface area contributed by atoms with Crippen LogP contribution in [0.4, 0.5) is 0 Å². The van der Waals surface area contributed by atoms with Crippen LogP contribution >= 0.6 is 0 Å². The van der Waals surface area contributed by atoms with Crippen LogP contribution in [-0.2, 0) is 14.3 Å². The number of carboxylic acid groups (broad SMARTS) is 1. The van der Waals surface area contributed by atoms with Crippen LogP contribution in [0.5, 0.6) is 0 Å². The number of rotatable bonds is 4. The zero-order chi connectivity index (χ0) is 14.6. The van der Waals surface area contributed by atoms with E-state index in [-0.39, 0.29) is 12.8 Å². The minimum atomic E-state index is -1.28. The second-order valence-electron chi connectivity index (χ2n) is 4.88. The van der Waals surface area contributed by atoms with Crippen molar-refractivity contribution in [2.24, 2.45) is 5.73 Å². The number of nitrogens with two attached hydrogens (primary N) is 1. The summed E-state index contributed by atoms with van der Waals surface area (Å²) in [5.74, 6) is -1.53. The molecule has 1 atom stereocenters. The van der Waals surface area contributed by atoms with Gasteiger partial charge in [0, 0.05) is 26.1 Å². The molecule has 0 radical (unpaired) electrons. The summed E-state index contributed by atoms with van der Waals surface area (Å²) in [4.78, 5) is 23.6. The van der Waals surface area contributed by atoms with E-state index in [4.69, 9.17) is 10.5 Å². The third-order valence-electron chi connectivity index (χ3n) is 3.56. The van der Waals surface area contributed by atoms with Gasteiger partial charge in [0.15, 0.2) is 0 Å². The second kappa shape index (κ2) is 6.02. The first-order chi connectivity index (χ1) is 9.55. The summed E-state index contributed by atoms with van der Waals surface area (Å²) in [6.45, 7) is 0.625. The van der Waals surface area contributed by atoms with Crippen LogP contribution in [0.25, 0.3) is 0 Å². The molecule has 4 N–H and O–H groups in total. The molecule has 2 rings (SSSR count). The Kier molecular flexibility index (Phi) is 4.36. The van der Waals surface area contributed by atoms with Crippen molar-refractivity contribution in [3.8, 4) is 0 Å². The molecule has 20 heavy (non-hydrogen) atoms. The van der Waals surface area contributed by atoms with Crippen LogP contribution in [0.2, 0.25) is 0 Å². The van der Waals surface area contributed by atoms with E-state index in [0.717, 1.165) is 0 Å². The number of ether oxygens (including phenoxy) is 1. The largest absolute Gasteiger partial charge is 0.480 e. The van der Waals surface area contributed by atoms with Crippen molar-refractivity contribution >= 4 is 11.9 Å². The first kappa shape index (κ1) is 14.5. The summed E-state index contributed by atoms with van der Waals surface area (Å²) in [7, 11) is 0. The monoisotopic (exact) mass is 278 g/mol. The molecule has 1 unspecified atom stereocenters. The molecule has 1 aliphatic heterocycles. The van der Waals surface area contributed by atoms with E-state index in [9.17, 15) is 14.7 Å². The van der Waals surface area contributed by atoms with Gasteiger partial charge in [-0.1, -0.05) is 30.3 Å². The summed E-state index contributed by atoms with van der Waals surface area (Å²) in [6.07, 6.45) is 0.491. The minimum absolute atomic E-state index is 0.246. The number of aliphatic carboxylic acids is 1. The van der Waals surface area contributed by atoms with Gasteiger partial charge in [-0.15, -0.1) is 0 Å². The first-order valence-corrected chi connectivity index (χ1v) is 6.49. The topological polar surface area (TPSA) is 102 Å². The highest BCUT2D eigenvalue weighted by molar-refractivity contribution is 5.90. The third-order valence-corrected chi connectivity index (χ3v) is 3.56. The Labute approximate surface area is 116 Å². The van der Waals surface area contributed by atoms with Crippen LogP contribution in [0.15, 0.2) is 30.3 Å². The van der Waals surface area contributed by atoms with Crippen LogP contribution in [0, 0.1) is 0 Å². The fraction of sp³-hybridized carbons (Fsp3) is 0.429. The summed E-state index contributed by atoms with van der Waals surface area (Å²) in [6, 6.07) is 7.98. The molecule has 6 heteroatoms. The standard InChI is InChI=1S/C14H18N2O4/c15-11(10-4-2-1-3-5-10)12(17)16-14(13(18)19)6-8-20-9-7-14/h1-5,11H,6-9,15H2,(H,16,17)(H,18,19). The van der Waals surface area contributed by atoms with Crippen LogP contribution < -0.4 is 11.1 Å². The smallest absolute Gasteiger partial charge is 0.329 e. The maximum Gasteiger partial charge on any atom is 0.329 e. The van der Waals surface area contributed by atoms with E-state index in [1.165, 1.54) is 0 Å². The normalized spacial score (nSPS) is 19.1. The lowest BCUT2D eigenvalue weighted by Crippen LogP contribution is -2.59. The van der Waals surface area contributed by atoms with Gasteiger partial charge in [0.1, 0.15) is 11.6 Å². The van der Waals surface area contributed by atoms with Gasteiger partial charge < -0.3 is 20.9 Å². The van der Waals surface area contributed by atoms with Gasteiger partial charge in [0.25, 0.3) is 0 Å². The quantitative estimate of drug-likeness (QED) is 0.741. The van der Waals surface area contributed by atoms with Gasteiger partial charge in [-0.3, -0.25) is 4.79 Å². The molecule has 6 nitrogen and oxygen atoms in total. The molecule has 1 fully saturated rings. The number of nitrogens with one attached hydrogen (secondary N) is 1. The minimum Gasteiger partial charge on any atom is -0.480 e. The zero-order valence-corrected chi connectivity index (χ0v) is 11.0. The predicted molar refractivity (Wildman–Crippen MR) is 71.9 cm³/mol. The third kappa shape index (κ3) is 2.97. The van der Waals surface area contributed by atoms with Crippen molar-refractivity contribution in [3.63, 3.8) is 0 Å². The molecule has 1 aromatic carbocycles. The van der Waals surface area contributed by atoms with Crippen molar-refractivity contribution in [1.82, 2.24) is 5.32 Å². The molecule has 0 spiro atoms. The van der Waals surface area contributed by atoms with E-state index < -0.39 is 23.5 Å². The number of benzene rings is 1. The second-order valence-corrected chi connectivity index (χ2v) is 4.88. The van der Waals surface area contributed by atoms with Crippen LogP contribution in [0.3, 0.4) is 0 Å². The number of carbonyl (C=O) groups is 2. The maximum absolute atomic E-state index is 12.2. The fourth-order valence-electron chi connectivity index (χ4n) is 2.24. The molecular weight excluding hydrogens is 260 g/mol.